The highest BCUT2D eigenvalue weighted by atomic mass is 19.4. The number of hydrogen-bond donors (Lipinski definition) is 1. The fourth-order valence-electron chi connectivity index (χ4n) is 4.40. The number of halogens is 6. The van der Waals surface area contributed by atoms with E-state index in [1.54, 1.807) is 30.3 Å². The number of hydrogen-bond acceptors (Lipinski definition) is 4. The van der Waals surface area contributed by atoms with Crippen molar-refractivity contribution in [3.8, 4) is 22.8 Å². The number of aromatic carboxylic acids is 1. The van der Waals surface area contributed by atoms with Gasteiger partial charge in [0, 0.05) is 12.0 Å². The molecule has 0 fully saturated rings. The molecule has 0 aliphatic carbocycles. The van der Waals surface area contributed by atoms with Crippen LogP contribution in [0.1, 0.15) is 45.6 Å². The molecule has 0 spiro atoms. The van der Waals surface area contributed by atoms with Crippen LogP contribution in [-0.2, 0) is 19.0 Å². The normalized spacial score (nSPS) is 12.0. The molecule has 6 nitrogen and oxygen atoms in total. The summed E-state index contributed by atoms with van der Waals surface area (Å²) in [5.74, 6) is -1.45. The number of carbonyl (C=O) groups is 1. The number of alkyl halides is 6. The van der Waals surface area contributed by atoms with Gasteiger partial charge in [0.2, 0.25) is 0 Å². The smallest absolute Gasteiger partial charge is 0.434 e. The Labute approximate surface area is 231 Å². The van der Waals surface area contributed by atoms with Crippen LogP contribution in [0.25, 0.3) is 17.1 Å². The zero-order valence-electron chi connectivity index (χ0n) is 21.8. The van der Waals surface area contributed by atoms with Crippen LogP contribution in [-0.4, -0.2) is 38.6 Å². The Kier molecular flexibility index (Phi) is 8.69. The molecule has 0 aliphatic heterocycles. The topological polar surface area (TPSA) is 77.2 Å². The highest BCUT2D eigenvalue weighted by molar-refractivity contribution is 5.89. The van der Waals surface area contributed by atoms with Gasteiger partial charge in [-0.1, -0.05) is 36.4 Å². The minimum atomic E-state index is -4.97. The Morgan fingerprint density at radius 2 is 1.68 bits per heavy atom. The van der Waals surface area contributed by atoms with Crippen molar-refractivity contribution in [3.05, 3.63) is 94.8 Å². The lowest BCUT2D eigenvalue weighted by Crippen LogP contribution is -2.18. The molecule has 2 aromatic heterocycles. The number of benzene rings is 2. The molecule has 0 bridgehead atoms. The highest BCUT2D eigenvalue weighted by Gasteiger charge is 2.41. The summed E-state index contributed by atoms with van der Waals surface area (Å²) in [5.41, 5.74) is 1.46. The van der Waals surface area contributed by atoms with E-state index in [-0.39, 0.29) is 18.8 Å². The third-order valence-electron chi connectivity index (χ3n) is 6.36. The molecular weight excluding hydrogens is 552 g/mol. The van der Waals surface area contributed by atoms with E-state index in [0.717, 1.165) is 16.7 Å². The molecule has 0 aliphatic rings. The summed E-state index contributed by atoms with van der Waals surface area (Å²) >= 11 is 0. The van der Waals surface area contributed by atoms with Crippen LogP contribution in [0.2, 0.25) is 0 Å². The molecule has 0 amide bonds. The molecule has 0 saturated carbocycles. The summed E-state index contributed by atoms with van der Waals surface area (Å²) in [5, 5.41) is 12.9. The second kappa shape index (κ2) is 12.0. The quantitative estimate of drug-likeness (QED) is 0.156. The predicted molar refractivity (Wildman–Crippen MR) is 138 cm³/mol. The molecule has 216 valence electrons. The first-order valence-electron chi connectivity index (χ1n) is 12.6. The maximum atomic E-state index is 13.7. The Morgan fingerprint density at radius 3 is 2.37 bits per heavy atom. The van der Waals surface area contributed by atoms with Gasteiger partial charge in [-0.05, 0) is 67.1 Å². The van der Waals surface area contributed by atoms with Gasteiger partial charge in [0.25, 0.3) is 0 Å². The molecular formula is C29H25F6N3O3. The maximum absolute atomic E-state index is 13.7. The lowest BCUT2D eigenvalue weighted by Gasteiger charge is -2.14. The van der Waals surface area contributed by atoms with Crippen molar-refractivity contribution in [1.82, 2.24) is 14.8 Å². The summed E-state index contributed by atoms with van der Waals surface area (Å²) in [6.45, 7) is 1.83. The van der Waals surface area contributed by atoms with Crippen LogP contribution in [0.5, 0.6) is 5.75 Å². The molecule has 4 rings (SSSR count). The highest BCUT2D eigenvalue weighted by Crippen LogP contribution is 2.34. The minimum Gasteiger partial charge on any atom is -0.494 e. The number of aromatic nitrogens is 3. The van der Waals surface area contributed by atoms with Crippen molar-refractivity contribution in [1.29, 1.82) is 0 Å². The number of rotatable bonds is 10. The molecule has 12 heteroatoms. The Balaban J connectivity index is 1.52. The molecule has 41 heavy (non-hydrogen) atoms. The zero-order valence-corrected chi connectivity index (χ0v) is 21.8. The van der Waals surface area contributed by atoms with Crippen molar-refractivity contribution < 1.29 is 41.0 Å². The number of ether oxygens (including phenoxy) is 1. The number of nitrogens with zero attached hydrogens (tertiary/aromatic N) is 3. The van der Waals surface area contributed by atoms with Gasteiger partial charge in [0.05, 0.1) is 18.5 Å². The largest absolute Gasteiger partial charge is 0.494 e. The van der Waals surface area contributed by atoms with E-state index >= 15 is 0 Å². The standard InChI is InChI=1S/C29H25F6N3O3/c1-18-16-21(41-15-5-14-28(30,31)32)13-12-19(18)10-11-20-6-2-3-7-22(20)24-8-4-9-25(37-24)38-26(29(33,34)35)23(17-36-38)27(39)40/h2-4,6-9,12-13,16-17H,5,10-11,14-15H2,1H3,(H,39,40). The van der Waals surface area contributed by atoms with Gasteiger partial charge in [-0.15, -0.1) is 0 Å². The van der Waals surface area contributed by atoms with E-state index < -0.39 is 36.0 Å². The SMILES string of the molecule is Cc1cc(OCCCC(F)(F)F)ccc1CCc1ccccc1-c1cccc(-n2ncc(C(=O)O)c2C(F)(F)F)n1. The molecule has 1 N–H and O–H groups in total. The molecule has 2 heterocycles. The zero-order chi connectivity index (χ0) is 29.8. The average Bonchev–Trinajstić information content (AvgIpc) is 3.37. The first-order chi connectivity index (χ1) is 19.3. The van der Waals surface area contributed by atoms with Gasteiger partial charge >= 0.3 is 18.3 Å². The van der Waals surface area contributed by atoms with Crippen LogP contribution in [0.4, 0.5) is 26.3 Å². The van der Waals surface area contributed by atoms with Gasteiger partial charge in [-0.2, -0.15) is 31.4 Å². The second-order valence-electron chi connectivity index (χ2n) is 9.32. The summed E-state index contributed by atoms with van der Waals surface area (Å²) < 4.78 is 84.0. The Bertz CT molecular complexity index is 1530. The first-order valence-corrected chi connectivity index (χ1v) is 12.6. The molecule has 2 aromatic carbocycles. The van der Waals surface area contributed by atoms with E-state index in [1.807, 2.05) is 25.1 Å². The van der Waals surface area contributed by atoms with Gasteiger partial charge in [-0.25, -0.2) is 14.5 Å². The summed E-state index contributed by atoms with van der Waals surface area (Å²) in [7, 11) is 0. The fraction of sp³-hybridized carbons (Fsp3) is 0.276. The number of aryl methyl sites for hydroxylation is 3. The molecule has 0 atom stereocenters. The van der Waals surface area contributed by atoms with Crippen molar-refractivity contribution in [2.24, 2.45) is 0 Å². The monoisotopic (exact) mass is 577 g/mol. The number of carboxylic acids is 1. The lowest BCUT2D eigenvalue weighted by molar-refractivity contribution is -0.143. The van der Waals surface area contributed by atoms with Gasteiger partial charge < -0.3 is 9.84 Å². The van der Waals surface area contributed by atoms with Crippen LogP contribution >= 0.6 is 0 Å². The average molecular weight is 578 g/mol. The van der Waals surface area contributed by atoms with E-state index in [2.05, 4.69) is 10.1 Å². The lowest BCUT2D eigenvalue weighted by atomic mass is 9.96. The second-order valence-corrected chi connectivity index (χ2v) is 9.32. The van der Waals surface area contributed by atoms with Crippen LogP contribution in [0, 0.1) is 6.92 Å². The van der Waals surface area contributed by atoms with Crippen LogP contribution in [0.15, 0.2) is 66.9 Å². The van der Waals surface area contributed by atoms with Crippen molar-refractivity contribution >= 4 is 5.97 Å². The summed E-state index contributed by atoms with van der Waals surface area (Å²) in [4.78, 5) is 15.7. The minimum absolute atomic E-state index is 0.0433. The Hall–Kier alpha value is -4.35. The first kappa shape index (κ1) is 29.6. The van der Waals surface area contributed by atoms with Gasteiger partial charge in [-0.3, -0.25) is 0 Å². The molecule has 4 aromatic rings. The van der Waals surface area contributed by atoms with Crippen molar-refractivity contribution in [2.75, 3.05) is 6.61 Å². The maximum Gasteiger partial charge on any atom is 0.434 e. The number of pyridine rings is 1. The van der Waals surface area contributed by atoms with Gasteiger partial charge in [0.15, 0.2) is 11.5 Å². The number of carboxylic acid groups (broad SMARTS) is 1. The fourth-order valence-corrected chi connectivity index (χ4v) is 4.40. The van der Waals surface area contributed by atoms with E-state index in [4.69, 9.17) is 4.74 Å². The third kappa shape index (κ3) is 7.44. The summed E-state index contributed by atoms with van der Waals surface area (Å²) in [6, 6.07) is 17.1. The van der Waals surface area contributed by atoms with Crippen LogP contribution < -0.4 is 4.74 Å². The molecule has 0 radical (unpaired) electrons. The predicted octanol–water partition coefficient (Wildman–Crippen LogP) is 7.47. The van der Waals surface area contributed by atoms with E-state index in [9.17, 15) is 36.2 Å². The van der Waals surface area contributed by atoms with Crippen molar-refractivity contribution in [2.45, 2.75) is 45.0 Å². The molecule has 0 unspecified atom stereocenters. The van der Waals surface area contributed by atoms with E-state index in [1.165, 1.54) is 12.1 Å². The molecule has 0 saturated heterocycles. The van der Waals surface area contributed by atoms with Crippen molar-refractivity contribution in [3.63, 3.8) is 0 Å². The van der Waals surface area contributed by atoms with E-state index in [0.29, 0.717) is 40.7 Å². The summed E-state index contributed by atoms with van der Waals surface area (Å²) in [6.07, 6.45) is -8.41. The van der Waals surface area contributed by atoms with Gasteiger partial charge in [0.1, 0.15) is 11.3 Å². The van der Waals surface area contributed by atoms with Crippen LogP contribution in [0.3, 0.4) is 0 Å². The third-order valence-corrected chi connectivity index (χ3v) is 6.36. The Morgan fingerprint density at radius 1 is 0.951 bits per heavy atom.